The second kappa shape index (κ2) is 8.05. The van der Waals surface area contributed by atoms with Crippen molar-refractivity contribution in [3.63, 3.8) is 0 Å². The summed E-state index contributed by atoms with van der Waals surface area (Å²) >= 11 is 0. The molecule has 8 nitrogen and oxygen atoms in total. The van der Waals surface area contributed by atoms with E-state index in [9.17, 15) is 9.59 Å². The largest absolute Gasteiger partial charge is 0.493 e. The second-order valence-electron chi connectivity index (χ2n) is 8.06. The highest BCUT2D eigenvalue weighted by molar-refractivity contribution is 6.04. The van der Waals surface area contributed by atoms with Gasteiger partial charge in [0, 0.05) is 35.4 Å². The highest BCUT2D eigenvalue weighted by Crippen LogP contribution is 2.37. The number of hydrogen-bond acceptors (Lipinski definition) is 6. The van der Waals surface area contributed by atoms with Crippen LogP contribution in [0.5, 0.6) is 5.75 Å². The molecule has 1 fully saturated rings. The van der Waals surface area contributed by atoms with E-state index in [1.54, 1.807) is 4.68 Å². The van der Waals surface area contributed by atoms with Gasteiger partial charge >= 0.3 is 0 Å². The Hall–Kier alpha value is -4.20. The zero-order chi connectivity index (χ0) is 23.1. The highest BCUT2D eigenvalue weighted by Gasteiger charge is 2.33. The van der Waals surface area contributed by atoms with Gasteiger partial charge in [0.15, 0.2) is 0 Å². The van der Waals surface area contributed by atoms with E-state index in [1.807, 2.05) is 61.5 Å². The van der Waals surface area contributed by atoms with Gasteiger partial charge in [-0.05, 0) is 19.1 Å². The average Bonchev–Trinajstić information content (AvgIpc) is 3.14. The first kappa shape index (κ1) is 20.7. The topological polar surface area (TPSA) is 126 Å². The molecule has 0 atom stereocenters. The van der Waals surface area contributed by atoms with Gasteiger partial charge in [0.1, 0.15) is 28.6 Å². The van der Waals surface area contributed by atoms with Crippen molar-refractivity contribution in [3.05, 3.63) is 60.2 Å². The van der Waals surface area contributed by atoms with Crippen molar-refractivity contribution in [1.82, 2.24) is 14.8 Å². The fourth-order valence-corrected chi connectivity index (χ4v) is 4.19. The second-order valence-corrected chi connectivity index (χ2v) is 8.06. The lowest BCUT2D eigenvalue weighted by atomic mass is 9.91. The number of aromatic nitrogens is 3. The molecule has 4 N–H and O–H groups in total. The first-order valence-electron chi connectivity index (χ1n) is 10.8. The van der Waals surface area contributed by atoms with Crippen LogP contribution in [0.3, 0.4) is 0 Å². The van der Waals surface area contributed by atoms with Crippen molar-refractivity contribution >= 4 is 28.4 Å². The Morgan fingerprint density at radius 1 is 1.12 bits per heavy atom. The minimum absolute atomic E-state index is 0.142. The van der Waals surface area contributed by atoms with Crippen molar-refractivity contribution in [2.75, 3.05) is 12.3 Å². The molecule has 0 saturated heterocycles. The van der Waals surface area contributed by atoms with Gasteiger partial charge in [-0.25, -0.2) is 9.67 Å². The maximum Gasteiger partial charge on any atom is 0.254 e. The average molecular weight is 441 g/mol. The van der Waals surface area contributed by atoms with Crippen LogP contribution in [0.15, 0.2) is 54.6 Å². The first-order valence-corrected chi connectivity index (χ1v) is 10.8. The number of rotatable bonds is 6. The number of pyridine rings is 1. The van der Waals surface area contributed by atoms with Crippen LogP contribution in [0.2, 0.25) is 0 Å². The van der Waals surface area contributed by atoms with Crippen LogP contribution in [0.1, 0.15) is 36.2 Å². The summed E-state index contributed by atoms with van der Waals surface area (Å²) in [5.74, 6) is 0.376. The normalized spacial score (nSPS) is 13.8. The lowest BCUT2D eigenvalue weighted by Crippen LogP contribution is -2.28. The molecule has 0 aliphatic heterocycles. The number of amides is 1. The van der Waals surface area contributed by atoms with Gasteiger partial charge in [-0.1, -0.05) is 36.4 Å². The Kier molecular flexibility index (Phi) is 5.05. The van der Waals surface area contributed by atoms with Gasteiger partial charge < -0.3 is 16.2 Å². The molecule has 4 aromatic rings. The minimum Gasteiger partial charge on any atom is -0.493 e. The molecule has 1 aliphatic carbocycles. The fourth-order valence-electron chi connectivity index (χ4n) is 4.19. The van der Waals surface area contributed by atoms with E-state index in [1.165, 1.54) is 0 Å². The predicted molar refractivity (Wildman–Crippen MR) is 126 cm³/mol. The van der Waals surface area contributed by atoms with Crippen LogP contribution in [0, 0.1) is 0 Å². The van der Waals surface area contributed by atoms with Crippen molar-refractivity contribution in [2.24, 2.45) is 5.73 Å². The maximum absolute atomic E-state index is 12.3. The maximum atomic E-state index is 12.3. The number of ketones is 1. The Bertz CT molecular complexity index is 1390. The fraction of sp³-hybridized carbons (Fsp3) is 0.200. The molecule has 0 radical (unpaired) electrons. The molecule has 1 amide bonds. The summed E-state index contributed by atoms with van der Waals surface area (Å²) in [4.78, 5) is 28.6. The number of hydrogen-bond donors (Lipinski definition) is 2. The first-order chi connectivity index (χ1) is 16.0. The monoisotopic (exact) mass is 441 g/mol. The van der Waals surface area contributed by atoms with Crippen LogP contribution in [0.25, 0.3) is 33.4 Å². The molecule has 8 heteroatoms. The number of primary amides is 1. The lowest BCUT2D eigenvalue weighted by molar-refractivity contribution is -0.126. The summed E-state index contributed by atoms with van der Waals surface area (Å²) in [6.45, 7) is 2.45. The number of Topliss-reactive ketones (excluding diaryl/α,β-unsaturated/α-hetero) is 1. The van der Waals surface area contributed by atoms with Gasteiger partial charge in [-0.15, -0.1) is 0 Å². The number of carbonyl (C=O) groups is 2. The molecular weight excluding hydrogens is 418 g/mol. The number of fused-ring (bicyclic) bond motifs is 1. The summed E-state index contributed by atoms with van der Waals surface area (Å²) in [5.41, 5.74) is 15.5. The summed E-state index contributed by atoms with van der Waals surface area (Å²) < 4.78 is 7.43. The third-order valence-corrected chi connectivity index (χ3v) is 5.88. The van der Waals surface area contributed by atoms with E-state index < -0.39 is 5.91 Å². The molecular formula is C25H23N5O3. The molecule has 2 aromatic carbocycles. The molecule has 33 heavy (non-hydrogen) atoms. The molecule has 1 saturated carbocycles. The highest BCUT2D eigenvalue weighted by atomic mass is 16.5. The number of benzene rings is 2. The van der Waals surface area contributed by atoms with Gasteiger partial charge in [-0.2, -0.15) is 5.10 Å². The van der Waals surface area contributed by atoms with Crippen molar-refractivity contribution in [1.29, 1.82) is 0 Å². The minimum atomic E-state index is -0.666. The van der Waals surface area contributed by atoms with E-state index >= 15 is 0 Å². The summed E-state index contributed by atoms with van der Waals surface area (Å²) in [6.07, 6.45) is 0.696. The number of nitrogen functional groups attached to an aromatic ring is 1. The third kappa shape index (κ3) is 3.59. The standard InChI is InChI=1S/C25H23N5O3/c1-2-33-21-13-19(14-6-4-3-5-7-14)28-20-10-15(8-9-18(20)21)23-22(25(27)32)24(26)30(29-23)16-11-17(31)12-16/h3-10,13,16H,2,11-12,26H2,1H3,(H2,27,32). The third-order valence-electron chi connectivity index (χ3n) is 5.88. The molecule has 5 rings (SSSR count). The van der Waals surface area contributed by atoms with Crippen molar-refractivity contribution in [2.45, 2.75) is 25.8 Å². The molecule has 0 spiro atoms. The predicted octanol–water partition coefficient (Wildman–Crippen LogP) is 3.75. The Morgan fingerprint density at radius 3 is 2.55 bits per heavy atom. The molecule has 2 aromatic heterocycles. The van der Waals surface area contributed by atoms with E-state index in [0.717, 1.165) is 22.4 Å². The molecule has 0 unspecified atom stereocenters. The van der Waals surface area contributed by atoms with Crippen molar-refractivity contribution in [3.8, 4) is 28.3 Å². The summed E-state index contributed by atoms with van der Waals surface area (Å²) in [6, 6.07) is 17.2. The van der Waals surface area contributed by atoms with Crippen molar-refractivity contribution < 1.29 is 14.3 Å². The summed E-state index contributed by atoms with van der Waals surface area (Å²) in [7, 11) is 0. The number of nitrogens with zero attached hydrogens (tertiary/aromatic N) is 3. The quantitative estimate of drug-likeness (QED) is 0.469. The lowest BCUT2D eigenvalue weighted by Gasteiger charge is -2.25. The molecule has 0 bridgehead atoms. The molecule has 166 valence electrons. The van der Waals surface area contributed by atoms with Crippen LogP contribution >= 0.6 is 0 Å². The van der Waals surface area contributed by atoms with Crippen LogP contribution in [0.4, 0.5) is 5.82 Å². The molecule has 1 aliphatic rings. The zero-order valence-electron chi connectivity index (χ0n) is 18.1. The van der Waals surface area contributed by atoms with Gasteiger partial charge in [0.25, 0.3) is 5.91 Å². The Morgan fingerprint density at radius 2 is 1.88 bits per heavy atom. The van der Waals surface area contributed by atoms with E-state index in [0.29, 0.717) is 36.2 Å². The Labute approximate surface area is 190 Å². The zero-order valence-corrected chi connectivity index (χ0v) is 18.1. The number of carbonyl (C=O) groups excluding carboxylic acids is 2. The van der Waals surface area contributed by atoms with Gasteiger partial charge in [-0.3, -0.25) is 9.59 Å². The van der Waals surface area contributed by atoms with Crippen LogP contribution < -0.4 is 16.2 Å². The molecule has 2 heterocycles. The van der Waals surface area contributed by atoms with Crippen LogP contribution in [-0.2, 0) is 4.79 Å². The summed E-state index contributed by atoms with van der Waals surface area (Å²) in [5, 5.41) is 5.43. The van der Waals surface area contributed by atoms with Gasteiger partial charge in [0.2, 0.25) is 0 Å². The Balaban J connectivity index is 1.67. The smallest absolute Gasteiger partial charge is 0.254 e. The number of nitrogens with two attached hydrogens (primary N) is 2. The number of anilines is 1. The van der Waals surface area contributed by atoms with Gasteiger partial charge in [0.05, 0.1) is 23.9 Å². The van der Waals surface area contributed by atoms with Crippen LogP contribution in [-0.4, -0.2) is 33.1 Å². The van der Waals surface area contributed by atoms with E-state index in [4.69, 9.17) is 21.2 Å². The number of ether oxygens (including phenoxy) is 1. The van der Waals surface area contributed by atoms with E-state index in [-0.39, 0.29) is 23.2 Å². The SMILES string of the molecule is CCOc1cc(-c2ccccc2)nc2cc(-c3nn(C4CC(=O)C4)c(N)c3C(N)=O)ccc12. The van der Waals surface area contributed by atoms with E-state index in [2.05, 4.69) is 5.10 Å².